The van der Waals surface area contributed by atoms with Gasteiger partial charge in [0.15, 0.2) is 0 Å². The van der Waals surface area contributed by atoms with E-state index in [4.69, 9.17) is 9.84 Å². The molecule has 0 radical (unpaired) electrons. The van der Waals surface area contributed by atoms with E-state index in [9.17, 15) is 18.0 Å². The fourth-order valence-corrected chi connectivity index (χ4v) is 3.84. The number of benzene rings is 2. The number of carboxylic acids is 1. The zero-order valence-corrected chi connectivity index (χ0v) is 17.9. The van der Waals surface area contributed by atoms with Crippen LogP contribution in [-0.4, -0.2) is 49.5 Å². The first-order valence-electron chi connectivity index (χ1n) is 9.50. The van der Waals surface area contributed by atoms with Crippen LogP contribution < -0.4 is 9.46 Å². The molecule has 0 spiro atoms. The highest BCUT2D eigenvalue weighted by atomic mass is 32.2. The number of ether oxygens (including phenoxy) is 1. The molecule has 31 heavy (non-hydrogen) atoms. The van der Waals surface area contributed by atoms with Crippen molar-refractivity contribution in [2.24, 2.45) is 5.10 Å². The Bertz CT molecular complexity index is 1090. The largest absolute Gasteiger partial charge is 0.497 e. The van der Waals surface area contributed by atoms with Crippen LogP contribution in [-0.2, 0) is 19.6 Å². The van der Waals surface area contributed by atoms with Crippen molar-refractivity contribution < 1.29 is 27.9 Å². The van der Waals surface area contributed by atoms with Gasteiger partial charge < -0.3 is 9.84 Å². The first kappa shape index (κ1) is 22.3. The van der Waals surface area contributed by atoms with Gasteiger partial charge in [-0.25, -0.2) is 13.4 Å². The number of carbonyl (C=O) groups is 2. The number of nitrogens with zero attached hydrogens (tertiary/aromatic N) is 2. The van der Waals surface area contributed by atoms with Crippen molar-refractivity contribution in [2.45, 2.75) is 25.3 Å². The third-order valence-corrected chi connectivity index (χ3v) is 5.35. The van der Waals surface area contributed by atoms with Crippen LogP contribution in [0, 0.1) is 0 Å². The summed E-state index contributed by atoms with van der Waals surface area (Å²) in [4.78, 5) is 23.6. The van der Waals surface area contributed by atoms with Gasteiger partial charge in [0.1, 0.15) is 5.75 Å². The zero-order chi connectivity index (χ0) is 22.6. The van der Waals surface area contributed by atoms with Crippen molar-refractivity contribution >= 4 is 33.3 Å². The Balaban J connectivity index is 1.87. The zero-order valence-electron chi connectivity index (χ0n) is 17.1. The summed E-state index contributed by atoms with van der Waals surface area (Å²) in [5.41, 5.74) is 2.66. The molecule has 0 saturated heterocycles. The van der Waals surface area contributed by atoms with E-state index in [1.165, 1.54) is 5.01 Å². The highest BCUT2D eigenvalue weighted by Gasteiger charge is 2.33. The Kier molecular flexibility index (Phi) is 6.59. The predicted octanol–water partition coefficient (Wildman–Crippen LogP) is 2.61. The summed E-state index contributed by atoms with van der Waals surface area (Å²) in [6.07, 6.45) is 1.07. The molecule has 1 atom stereocenters. The second kappa shape index (κ2) is 9.17. The highest BCUT2D eigenvalue weighted by molar-refractivity contribution is 7.92. The molecule has 0 aromatic heterocycles. The van der Waals surface area contributed by atoms with Gasteiger partial charge in [-0.15, -0.1) is 0 Å². The van der Waals surface area contributed by atoms with Gasteiger partial charge in [-0.1, -0.05) is 24.3 Å². The minimum Gasteiger partial charge on any atom is -0.497 e. The van der Waals surface area contributed by atoms with E-state index in [0.29, 0.717) is 23.6 Å². The number of carboxylic acid groups (broad SMARTS) is 1. The molecule has 1 unspecified atom stereocenters. The van der Waals surface area contributed by atoms with Crippen molar-refractivity contribution in [3.63, 3.8) is 0 Å². The summed E-state index contributed by atoms with van der Waals surface area (Å²) in [7, 11) is -1.82. The maximum atomic E-state index is 12.7. The molecule has 164 valence electrons. The summed E-state index contributed by atoms with van der Waals surface area (Å²) in [6.45, 7) is 0. The van der Waals surface area contributed by atoms with Gasteiger partial charge in [0.05, 0.1) is 31.5 Å². The second-order valence-corrected chi connectivity index (χ2v) is 8.87. The maximum Gasteiger partial charge on any atom is 0.303 e. The number of aliphatic carboxylic acids is 1. The number of carbonyl (C=O) groups excluding carboxylic acids is 1. The molecule has 2 aromatic rings. The normalized spacial score (nSPS) is 16.0. The summed E-state index contributed by atoms with van der Waals surface area (Å²) in [6, 6.07) is 13.6. The lowest BCUT2D eigenvalue weighted by Gasteiger charge is -2.22. The lowest BCUT2D eigenvalue weighted by molar-refractivity contribution is -0.141. The van der Waals surface area contributed by atoms with Crippen molar-refractivity contribution in [2.75, 3.05) is 18.1 Å². The van der Waals surface area contributed by atoms with Crippen LogP contribution >= 0.6 is 0 Å². The predicted molar refractivity (Wildman–Crippen MR) is 116 cm³/mol. The molecule has 1 aliphatic rings. The van der Waals surface area contributed by atoms with E-state index in [1.807, 2.05) is 12.1 Å². The number of hydrogen-bond donors (Lipinski definition) is 2. The minimum absolute atomic E-state index is 0.157. The minimum atomic E-state index is -3.38. The number of rotatable bonds is 8. The Labute approximate surface area is 180 Å². The molecule has 1 amide bonds. The number of hydrogen-bond acceptors (Lipinski definition) is 6. The van der Waals surface area contributed by atoms with Gasteiger partial charge in [0.25, 0.3) is 0 Å². The summed E-state index contributed by atoms with van der Waals surface area (Å²) in [5.74, 6) is -0.749. The fourth-order valence-electron chi connectivity index (χ4n) is 3.27. The molecule has 2 N–H and O–H groups in total. The van der Waals surface area contributed by atoms with Crippen molar-refractivity contribution in [1.82, 2.24) is 5.01 Å². The van der Waals surface area contributed by atoms with Crippen LogP contribution in [0.25, 0.3) is 0 Å². The lowest BCUT2D eigenvalue weighted by Crippen LogP contribution is -2.27. The molecule has 0 aliphatic carbocycles. The lowest BCUT2D eigenvalue weighted by atomic mass is 9.98. The first-order chi connectivity index (χ1) is 14.7. The standard InChI is InChI=1S/C21H23N3O6S/c1-30-17-9-5-15(6-10-17)19-13-18(22-24(19)20(25)11-12-21(26)27)14-3-7-16(8-4-14)23-31(2,28)29/h3-10,19,23H,11-13H2,1-2H3,(H,26,27). The van der Waals surface area contributed by atoms with Crippen molar-refractivity contribution in [3.05, 3.63) is 59.7 Å². The molecule has 0 saturated carbocycles. The third kappa shape index (κ3) is 5.82. The Hall–Kier alpha value is -3.40. The molecule has 9 nitrogen and oxygen atoms in total. The monoisotopic (exact) mass is 445 g/mol. The van der Waals surface area contributed by atoms with Crippen LogP contribution in [0.2, 0.25) is 0 Å². The number of anilines is 1. The van der Waals surface area contributed by atoms with Gasteiger partial charge in [-0.3, -0.25) is 14.3 Å². The summed E-state index contributed by atoms with van der Waals surface area (Å²) in [5, 5.41) is 14.7. The average molecular weight is 445 g/mol. The maximum absolute atomic E-state index is 12.7. The fraction of sp³-hybridized carbons (Fsp3) is 0.286. The van der Waals surface area contributed by atoms with Gasteiger partial charge in [-0.05, 0) is 35.4 Å². The quantitative estimate of drug-likeness (QED) is 0.643. The van der Waals surface area contributed by atoms with Crippen molar-refractivity contribution in [3.8, 4) is 5.75 Å². The van der Waals surface area contributed by atoms with E-state index in [0.717, 1.165) is 17.4 Å². The third-order valence-electron chi connectivity index (χ3n) is 4.74. The number of amides is 1. The molecule has 0 bridgehead atoms. The number of sulfonamides is 1. The number of nitrogens with one attached hydrogen (secondary N) is 1. The Morgan fingerprint density at radius 3 is 2.32 bits per heavy atom. The van der Waals surface area contributed by atoms with E-state index in [2.05, 4.69) is 9.82 Å². The van der Waals surface area contributed by atoms with Crippen LogP contribution in [0.5, 0.6) is 5.75 Å². The molecule has 2 aromatic carbocycles. The Morgan fingerprint density at radius 1 is 1.13 bits per heavy atom. The molecule has 0 fully saturated rings. The van der Waals surface area contributed by atoms with E-state index < -0.39 is 16.0 Å². The molecule has 10 heteroatoms. The van der Waals surface area contributed by atoms with Crippen LogP contribution in [0.3, 0.4) is 0 Å². The molecule has 1 aliphatic heterocycles. The van der Waals surface area contributed by atoms with Gasteiger partial charge in [-0.2, -0.15) is 5.10 Å². The molecular formula is C21H23N3O6S. The van der Waals surface area contributed by atoms with Crippen LogP contribution in [0.4, 0.5) is 5.69 Å². The average Bonchev–Trinajstić information content (AvgIpc) is 3.17. The summed E-state index contributed by atoms with van der Waals surface area (Å²) < 4.78 is 30.4. The van der Waals surface area contributed by atoms with Crippen molar-refractivity contribution in [1.29, 1.82) is 0 Å². The van der Waals surface area contributed by atoms with Gasteiger partial charge in [0, 0.05) is 18.5 Å². The Morgan fingerprint density at radius 2 is 1.77 bits per heavy atom. The highest BCUT2D eigenvalue weighted by Crippen LogP contribution is 2.34. The van der Waals surface area contributed by atoms with Crippen LogP contribution in [0.15, 0.2) is 53.6 Å². The molecular weight excluding hydrogens is 422 g/mol. The molecule has 3 rings (SSSR count). The van der Waals surface area contributed by atoms with Gasteiger partial charge >= 0.3 is 5.97 Å². The second-order valence-electron chi connectivity index (χ2n) is 7.12. The number of methoxy groups -OCH3 is 1. The smallest absolute Gasteiger partial charge is 0.303 e. The van der Waals surface area contributed by atoms with Gasteiger partial charge in [0.2, 0.25) is 15.9 Å². The van der Waals surface area contributed by atoms with E-state index in [1.54, 1.807) is 43.5 Å². The summed E-state index contributed by atoms with van der Waals surface area (Å²) >= 11 is 0. The first-order valence-corrected chi connectivity index (χ1v) is 11.4. The molecule has 1 heterocycles. The SMILES string of the molecule is COc1ccc(C2CC(c3ccc(NS(C)(=O)=O)cc3)=NN2C(=O)CCC(=O)O)cc1. The topological polar surface area (TPSA) is 125 Å². The van der Waals surface area contributed by atoms with E-state index in [-0.39, 0.29) is 24.8 Å². The van der Waals surface area contributed by atoms with Crippen LogP contribution in [0.1, 0.15) is 36.4 Å². The number of hydrazone groups is 1. The van der Waals surface area contributed by atoms with E-state index >= 15 is 0 Å².